The minimum absolute atomic E-state index is 0.00305. The van der Waals surface area contributed by atoms with E-state index in [9.17, 15) is 18.0 Å². The highest BCUT2D eigenvalue weighted by atomic mass is 19.1. The molecule has 26 heavy (non-hydrogen) atoms. The van der Waals surface area contributed by atoms with Gasteiger partial charge in [-0.2, -0.15) is 0 Å². The number of amides is 1. The van der Waals surface area contributed by atoms with Crippen molar-refractivity contribution in [2.45, 2.75) is 18.4 Å². The first kappa shape index (κ1) is 17.1. The fourth-order valence-corrected chi connectivity index (χ4v) is 3.84. The van der Waals surface area contributed by atoms with Crippen LogP contribution in [0, 0.1) is 23.4 Å². The summed E-state index contributed by atoms with van der Waals surface area (Å²) < 4.78 is 41.6. The molecule has 0 spiro atoms. The van der Waals surface area contributed by atoms with Crippen LogP contribution in [0.3, 0.4) is 0 Å². The minimum atomic E-state index is -0.604. The number of hydrogen-bond acceptors (Lipinski definition) is 2. The third kappa shape index (κ3) is 3.09. The van der Waals surface area contributed by atoms with Gasteiger partial charge in [0.05, 0.1) is 6.04 Å². The number of nitrogens with zero attached hydrogens (tertiary/aromatic N) is 1. The average Bonchev–Trinajstić information content (AvgIpc) is 3.41. The molecule has 2 fully saturated rings. The van der Waals surface area contributed by atoms with Gasteiger partial charge in [-0.3, -0.25) is 4.79 Å². The predicted molar refractivity (Wildman–Crippen MR) is 90.9 cm³/mol. The Morgan fingerprint density at radius 3 is 2.54 bits per heavy atom. The van der Waals surface area contributed by atoms with Crippen LogP contribution in [0.25, 0.3) is 0 Å². The van der Waals surface area contributed by atoms with E-state index in [1.54, 1.807) is 17.0 Å². The van der Waals surface area contributed by atoms with Crippen molar-refractivity contribution in [3.05, 3.63) is 71.0 Å². The first-order chi connectivity index (χ1) is 12.6. The van der Waals surface area contributed by atoms with Crippen molar-refractivity contribution in [1.29, 1.82) is 0 Å². The number of piperazine rings is 1. The van der Waals surface area contributed by atoms with Gasteiger partial charge in [-0.15, -0.1) is 0 Å². The number of nitrogens with one attached hydrogen (secondary N) is 1. The van der Waals surface area contributed by atoms with E-state index in [1.165, 1.54) is 30.3 Å². The summed E-state index contributed by atoms with van der Waals surface area (Å²) in [4.78, 5) is 14.7. The average molecular weight is 360 g/mol. The van der Waals surface area contributed by atoms with Crippen LogP contribution >= 0.6 is 0 Å². The molecular weight excluding hydrogens is 341 g/mol. The zero-order valence-electron chi connectivity index (χ0n) is 14.1. The predicted octanol–water partition coefficient (Wildman–Crippen LogP) is 3.38. The largest absolute Gasteiger partial charge is 0.333 e. The van der Waals surface area contributed by atoms with E-state index in [0.717, 1.165) is 5.56 Å². The molecular formula is C20H19F3N2O. The van der Waals surface area contributed by atoms with Gasteiger partial charge in [-0.1, -0.05) is 18.2 Å². The van der Waals surface area contributed by atoms with Crippen LogP contribution in [0.5, 0.6) is 0 Å². The van der Waals surface area contributed by atoms with Gasteiger partial charge < -0.3 is 10.2 Å². The van der Waals surface area contributed by atoms with Crippen LogP contribution in [-0.4, -0.2) is 30.4 Å². The molecule has 3 atom stereocenters. The second-order valence-electron chi connectivity index (χ2n) is 6.89. The standard InChI is InChI=1S/C20H19F3N2O/c21-13-4-1-3-12(9-13)18-11-24-7-8-25(18)20(26)15-10-14(15)19-16(22)5-2-6-17(19)23/h1-6,9,14-15,18,24H,7-8,10-11H2. The van der Waals surface area contributed by atoms with E-state index in [1.807, 2.05) is 0 Å². The molecule has 1 N–H and O–H groups in total. The molecule has 1 amide bonds. The number of carbonyl (C=O) groups excluding carboxylic acids is 1. The maximum Gasteiger partial charge on any atom is 0.226 e. The number of rotatable bonds is 3. The molecule has 1 saturated carbocycles. The van der Waals surface area contributed by atoms with Crippen molar-refractivity contribution in [1.82, 2.24) is 10.2 Å². The van der Waals surface area contributed by atoms with Crippen LogP contribution in [0.4, 0.5) is 13.2 Å². The molecule has 1 heterocycles. The molecule has 1 aliphatic heterocycles. The highest BCUT2D eigenvalue weighted by molar-refractivity contribution is 5.83. The molecule has 3 unspecified atom stereocenters. The minimum Gasteiger partial charge on any atom is -0.333 e. The van der Waals surface area contributed by atoms with Crippen molar-refractivity contribution in [2.24, 2.45) is 5.92 Å². The third-order valence-electron chi connectivity index (χ3n) is 5.24. The topological polar surface area (TPSA) is 32.3 Å². The van der Waals surface area contributed by atoms with Gasteiger partial charge in [0.2, 0.25) is 5.91 Å². The summed E-state index contributed by atoms with van der Waals surface area (Å²) >= 11 is 0. The Labute approximate surface area is 149 Å². The molecule has 0 bridgehead atoms. The maximum atomic E-state index is 14.0. The Kier molecular flexibility index (Phi) is 4.44. The van der Waals surface area contributed by atoms with E-state index in [-0.39, 0.29) is 23.3 Å². The summed E-state index contributed by atoms with van der Waals surface area (Å²) in [6.07, 6.45) is 0.441. The number of hydrogen-bond donors (Lipinski definition) is 1. The normalized spacial score (nSPS) is 25.2. The first-order valence-corrected chi connectivity index (χ1v) is 8.77. The lowest BCUT2D eigenvalue weighted by Crippen LogP contribution is -2.49. The van der Waals surface area contributed by atoms with Gasteiger partial charge in [0, 0.05) is 37.0 Å². The Morgan fingerprint density at radius 1 is 1.08 bits per heavy atom. The van der Waals surface area contributed by atoms with Crippen molar-refractivity contribution in [3.63, 3.8) is 0 Å². The van der Waals surface area contributed by atoms with E-state index >= 15 is 0 Å². The second kappa shape index (κ2) is 6.76. The first-order valence-electron chi connectivity index (χ1n) is 8.77. The zero-order valence-corrected chi connectivity index (χ0v) is 14.1. The van der Waals surface area contributed by atoms with Crippen molar-refractivity contribution in [3.8, 4) is 0 Å². The van der Waals surface area contributed by atoms with Crippen LogP contribution in [-0.2, 0) is 4.79 Å². The molecule has 4 rings (SSSR count). The Bertz CT molecular complexity index is 821. The molecule has 6 heteroatoms. The van der Waals surface area contributed by atoms with Gasteiger partial charge in [0.15, 0.2) is 0 Å². The lowest BCUT2D eigenvalue weighted by Gasteiger charge is -2.37. The summed E-state index contributed by atoms with van der Waals surface area (Å²) in [6.45, 7) is 1.66. The number of benzene rings is 2. The maximum absolute atomic E-state index is 14.0. The Morgan fingerprint density at radius 2 is 1.81 bits per heavy atom. The van der Waals surface area contributed by atoms with Crippen LogP contribution in [0.15, 0.2) is 42.5 Å². The summed E-state index contributed by atoms with van der Waals surface area (Å²) in [6, 6.07) is 9.70. The van der Waals surface area contributed by atoms with Gasteiger partial charge in [0.1, 0.15) is 17.5 Å². The number of halogens is 3. The van der Waals surface area contributed by atoms with Gasteiger partial charge in [0.25, 0.3) is 0 Å². The quantitative estimate of drug-likeness (QED) is 0.910. The SMILES string of the molecule is O=C(C1CC1c1c(F)cccc1F)N1CCNCC1c1cccc(F)c1. The van der Waals surface area contributed by atoms with Crippen molar-refractivity contribution < 1.29 is 18.0 Å². The van der Waals surface area contributed by atoms with Crippen molar-refractivity contribution in [2.75, 3.05) is 19.6 Å². The van der Waals surface area contributed by atoms with Gasteiger partial charge in [-0.25, -0.2) is 13.2 Å². The molecule has 2 aromatic rings. The second-order valence-corrected chi connectivity index (χ2v) is 6.89. The van der Waals surface area contributed by atoms with Crippen LogP contribution in [0.1, 0.15) is 29.5 Å². The third-order valence-corrected chi connectivity index (χ3v) is 5.24. The summed E-state index contributed by atoms with van der Waals surface area (Å²) in [7, 11) is 0. The van der Waals surface area contributed by atoms with Crippen molar-refractivity contribution >= 4 is 5.91 Å². The summed E-state index contributed by atoms with van der Waals surface area (Å²) in [5, 5.41) is 3.22. The van der Waals surface area contributed by atoms with Crippen LogP contribution < -0.4 is 5.32 Å². The summed E-state index contributed by atoms with van der Waals surface area (Å²) in [5.41, 5.74) is 0.725. The number of carbonyl (C=O) groups is 1. The smallest absolute Gasteiger partial charge is 0.226 e. The molecule has 1 aliphatic carbocycles. The highest BCUT2D eigenvalue weighted by Gasteiger charge is 2.49. The molecule has 0 aromatic heterocycles. The molecule has 1 saturated heterocycles. The molecule has 2 aromatic carbocycles. The van der Waals surface area contributed by atoms with E-state index < -0.39 is 23.5 Å². The molecule has 2 aliphatic rings. The van der Waals surface area contributed by atoms with E-state index in [0.29, 0.717) is 26.1 Å². The lowest BCUT2D eigenvalue weighted by molar-refractivity contribution is -0.136. The Hall–Kier alpha value is -2.34. The highest BCUT2D eigenvalue weighted by Crippen LogP contribution is 2.50. The monoisotopic (exact) mass is 360 g/mol. The van der Waals surface area contributed by atoms with E-state index in [2.05, 4.69) is 5.32 Å². The van der Waals surface area contributed by atoms with Gasteiger partial charge in [-0.05, 0) is 36.2 Å². The van der Waals surface area contributed by atoms with Gasteiger partial charge >= 0.3 is 0 Å². The fraction of sp³-hybridized carbons (Fsp3) is 0.350. The molecule has 3 nitrogen and oxygen atoms in total. The molecule has 136 valence electrons. The van der Waals surface area contributed by atoms with E-state index in [4.69, 9.17) is 0 Å². The fourth-order valence-electron chi connectivity index (χ4n) is 3.84. The zero-order chi connectivity index (χ0) is 18.3. The Balaban J connectivity index is 1.55. The van der Waals surface area contributed by atoms with Crippen LogP contribution in [0.2, 0.25) is 0 Å². The molecule has 0 radical (unpaired) electrons. The lowest BCUT2D eigenvalue weighted by atomic mass is 10.0. The summed E-state index contributed by atoms with van der Waals surface area (Å²) in [5.74, 6) is -2.52.